The van der Waals surface area contributed by atoms with Crippen molar-refractivity contribution in [3.05, 3.63) is 93.0 Å². The lowest BCUT2D eigenvalue weighted by molar-refractivity contribution is -0.139. The number of carboxylic acid groups (broad SMARTS) is 1. The van der Waals surface area contributed by atoms with Crippen molar-refractivity contribution in [2.24, 2.45) is 10.9 Å². The molecule has 4 rings (SSSR count). The number of aliphatic carboxylic acids is 1. The number of nitrogens with one attached hydrogen (secondary N) is 1. The maximum absolute atomic E-state index is 12.7. The molecule has 210 valence electrons. The predicted octanol–water partition coefficient (Wildman–Crippen LogP) is 4.73. The lowest BCUT2D eigenvalue weighted by Gasteiger charge is -2.29. The second-order valence-electron chi connectivity index (χ2n) is 10.1. The maximum atomic E-state index is 12.7. The predicted molar refractivity (Wildman–Crippen MR) is 157 cm³/mol. The Hall–Kier alpha value is -3.46. The molecule has 0 radical (unpaired) electrons. The number of allylic oxidation sites excluding steroid dienone is 1. The van der Waals surface area contributed by atoms with Gasteiger partial charge in [0, 0.05) is 63.9 Å². The number of hydrogen-bond donors (Lipinski definition) is 2. The van der Waals surface area contributed by atoms with E-state index in [0.29, 0.717) is 17.8 Å². The molecule has 1 unspecified atom stereocenters. The molecule has 0 bridgehead atoms. The lowest BCUT2D eigenvalue weighted by atomic mass is 9.90. The first-order valence-electron chi connectivity index (χ1n) is 13.0. The van der Waals surface area contributed by atoms with Gasteiger partial charge < -0.3 is 15.3 Å². The molecule has 8 nitrogen and oxygen atoms in total. The van der Waals surface area contributed by atoms with Gasteiger partial charge in [-0.2, -0.15) is 0 Å². The molecule has 0 aromatic heterocycles. The molecule has 0 saturated heterocycles. The van der Waals surface area contributed by atoms with Crippen LogP contribution in [0.1, 0.15) is 39.1 Å². The average molecular weight is 584 g/mol. The van der Waals surface area contributed by atoms with Crippen LogP contribution in [0.25, 0.3) is 0 Å². The van der Waals surface area contributed by atoms with Crippen molar-refractivity contribution in [1.82, 2.24) is 15.1 Å². The molecule has 0 aliphatic carbocycles. The first-order chi connectivity index (χ1) is 19.1. The lowest BCUT2D eigenvalue weighted by Crippen LogP contribution is -2.42. The monoisotopic (exact) mass is 582 g/mol. The number of carboxylic acids is 1. The number of halogens is 2. The topological polar surface area (TPSA) is 102 Å². The summed E-state index contributed by atoms with van der Waals surface area (Å²) in [7, 11) is 3.49. The summed E-state index contributed by atoms with van der Waals surface area (Å²) in [6, 6.07) is 11.3. The van der Waals surface area contributed by atoms with Crippen LogP contribution in [-0.4, -0.2) is 78.2 Å². The molecule has 2 aromatic rings. The number of benzene rings is 2. The summed E-state index contributed by atoms with van der Waals surface area (Å²) in [5.41, 5.74) is 3.83. The third-order valence-corrected chi connectivity index (χ3v) is 7.67. The Labute approximate surface area is 244 Å². The molecule has 2 aliphatic rings. The van der Waals surface area contributed by atoms with Gasteiger partial charge in [0.25, 0.3) is 11.8 Å². The van der Waals surface area contributed by atoms with E-state index in [1.165, 1.54) is 17.7 Å². The molecular weight excluding hydrogens is 551 g/mol. The minimum atomic E-state index is -1.17. The summed E-state index contributed by atoms with van der Waals surface area (Å²) in [6.45, 7) is 3.09. The fraction of sp³-hybridized carbons (Fsp3) is 0.333. The highest BCUT2D eigenvalue weighted by molar-refractivity contribution is 6.39. The number of carbonyl (C=O) groups excluding carboxylic acids is 2. The van der Waals surface area contributed by atoms with E-state index in [9.17, 15) is 19.5 Å². The van der Waals surface area contributed by atoms with Gasteiger partial charge in [0.15, 0.2) is 0 Å². The van der Waals surface area contributed by atoms with E-state index < -0.39 is 17.9 Å². The zero-order chi connectivity index (χ0) is 28.8. The molecule has 0 spiro atoms. The summed E-state index contributed by atoms with van der Waals surface area (Å²) in [4.78, 5) is 45.2. The molecule has 2 amide bonds. The van der Waals surface area contributed by atoms with Crippen LogP contribution in [0.2, 0.25) is 10.0 Å². The number of amides is 2. The molecule has 2 heterocycles. The molecule has 10 heteroatoms. The van der Waals surface area contributed by atoms with Gasteiger partial charge in [0.1, 0.15) is 6.04 Å². The first kappa shape index (κ1) is 29.5. The summed E-state index contributed by atoms with van der Waals surface area (Å²) in [6.07, 6.45) is 7.14. The van der Waals surface area contributed by atoms with Gasteiger partial charge in [-0.15, -0.1) is 0 Å². The number of hydrogen-bond acceptors (Lipinski definition) is 5. The average Bonchev–Trinajstić information content (AvgIpc) is 2.93. The Morgan fingerprint density at radius 3 is 2.38 bits per heavy atom. The normalized spacial score (nSPS) is 17.9. The van der Waals surface area contributed by atoms with Crippen molar-refractivity contribution >= 4 is 46.7 Å². The Kier molecular flexibility index (Phi) is 9.79. The first-order valence-corrected chi connectivity index (χ1v) is 13.8. The van der Waals surface area contributed by atoms with Gasteiger partial charge in [0.05, 0.1) is 15.6 Å². The molecule has 2 atom stereocenters. The molecular formula is C30H32Cl2N4O4. The van der Waals surface area contributed by atoms with Crippen molar-refractivity contribution < 1.29 is 19.5 Å². The largest absolute Gasteiger partial charge is 0.480 e. The van der Waals surface area contributed by atoms with E-state index in [0.717, 1.165) is 31.6 Å². The van der Waals surface area contributed by atoms with Gasteiger partial charge in [0.2, 0.25) is 0 Å². The fourth-order valence-corrected chi connectivity index (χ4v) is 5.33. The van der Waals surface area contributed by atoms with Crippen LogP contribution in [-0.2, 0) is 11.3 Å². The Morgan fingerprint density at radius 1 is 1.12 bits per heavy atom. The standard InChI is InChI=1S/C30H32Cl2N4O4/c1-35(2)29(38)21-8-6-19(7-9-21)18-36-14-12-20(13-15-36)22-10-11-23(33-17-22)16-26(30(39)40)34-28(37)27-24(31)4-3-5-25(27)32/h3-12,22,26H,13-18H2,1-2H3,(H,34,37)(H,39,40)/t22?,26-/m0/s1. The van der Waals surface area contributed by atoms with E-state index >= 15 is 0 Å². The van der Waals surface area contributed by atoms with Crippen molar-refractivity contribution in [2.45, 2.75) is 25.4 Å². The molecule has 40 heavy (non-hydrogen) atoms. The zero-order valence-electron chi connectivity index (χ0n) is 22.4. The van der Waals surface area contributed by atoms with Crippen LogP contribution in [0.3, 0.4) is 0 Å². The highest BCUT2D eigenvalue weighted by atomic mass is 35.5. The minimum absolute atomic E-state index is 0.00584. The van der Waals surface area contributed by atoms with Crippen molar-refractivity contribution in [3.63, 3.8) is 0 Å². The van der Waals surface area contributed by atoms with Crippen LogP contribution in [0.5, 0.6) is 0 Å². The summed E-state index contributed by atoms with van der Waals surface area (Å²) in [5, 5.41) is 12.5. The van der Waals surface area contributed by atoms with Crippen LogP contribution < -0.4 is 5.32 Å². The van der Waals surface area contributed by atoms with E-state index in [4.69, 9.17) is 23.2 Å². The van der Waals surface area contributed by atoms with E-state index in [2.05, 4.69) is 27.4 Å². The molecule has 2 aliphatic heterocycles. The third-order valence-electron chi connectivity index (χ3n) is 7.04. The van der Waals surface area contributed by atoms with E-state index in [1.807, 2.05) is 30.3 Å². The van der Waals surface area contributed by atoms with Crippen LogP contribution in [0, 0.1) is 5.92 Å². The minimum Gasteiger partial charge on any atom is -0.480 e. The number of aliphatic imine (C=N–C) groups is 1. The van der Waals surface area contributed by atoms with Gasteiger partial charge in [-0.25, -0.2) is 4.79 Å². The smallest absolute Gasteiger partial charge is 0.326 e. The highest BCUT2D eigenvalue weighted by Gasteiger charge is 2.26. The molecule has 2 N–H and O–H groups in total. The number of dihydropyridines is 1. The van der Waals surface area contributed by atoms with Gasteiger partial charge in [-0.1, -0.05) is 59.1 Å². The highest BCUT2D eigenvalue weighted by Crippen LogP contribution is 2.26. The van der Waals surface area contributed by atoms with Gasteiger partial charge >= 0.3 is 5.97 Å². The number of rotatable bonds is 9. The second-order valence-corrected chi connectivity index (χ2v) is 10.9. The Morgan fingerprint density at radius 2 is 1.82 bits per heavy atom. The third kappa shape index (κ3) is 7.38. The van der Waals surface area contributed by atoms with Crippen LogP contribution in [0.4, 0.5) is 0 Å². The Bertz CT molecular complexity index is 1350. The van der Waals surface area contributed by atoms with Gasteiger partial charge in [-0.3, -0.25) is 19.5 Å². The second kappa shape index (κ2) is 13.3. The SMILES string of the molecule is CN(C)C(=O)c1ccc(CN2CC=C(C3C=CC(C[C@H](NC(=O)c4c(Cl)cccc4Cl)C(=O)O)=NC3)CC2)cc1. The van der Waals surface area contributed by atoms with Gasteiger partial charge in [-0.05, 0) is 42.3 Å². The van der Waals surface area contributed by atoms with Crippen LogP contribution in [0.15, 0.2) is 71.3 Å². The molecule has 0 saturated carbocycles. The fourth-order valence-electron chi connectivity index (χ4n) is 4.76. The van der Waals surface area contributed by atoms with E-state index in [1.54, 1.807) is 25.1 Å². The van der Waals surface area contributed by atoms with Crippen molar-refractivity contribution in [1.29, 1.82) is 0 Å². The molecule has 0 fully saturated rings. The summed E-state index contributed by atoms with van der Waals surface area (Å²) in [5.74, 6) is -1.64. The summed E-state index contributed by atoms with van der Waals surface area (Å²) >= 11 is 12.2. The van der Waals surface area contributed by atoms with E-state index in [-0.39, 0.29) is 33.9 Å². The van der Waals surface area contributed by atoms with Crippen molar-refractivity contribution in [3.8, 4) is 0 Å². The number of carbonyl (C=O) groups is 3. The number of nitrogens with zero attached hydrogens (tertiary/aromatic N) is 3. The molecule has 2 aromatic carbocycles. The summed E-state index contributed by atoms with van der Waals surface area (Å²) < 4.78 is 0. The Balaban J connectivity index is 1.29. The quantitative estimate of drug-likeness (QED) is 0.416. The maximum Gasteiger partial charge on any atom is 0.326 e. The zero-order valence-corrected chi connectivity index (χ0v) is 24.0. The van der Waals surface area contributed by atoms with Crippen LogP contribution >= 0.6 is 23.2 Å². The van der Waals surface area contributed by atoms with Crippen molar-refractivity contribution in [2.75, 3.05) is 33.7 Å².